The molecule has 0 saturated carbocycles. The molecule has 2 aromatic rings. The van der Waals surface area contributed by atoms with E-state index in [-0.39, 0.29) is 18.6 Å². The molecule has 1 aliphatic carbocycles. The third kappa shape index (κ3) is 6.57. The quantitative estimate of drug-likeness (QED) is 0.171. The molecule has 0 radical (unpaired) electrons. The maximum Gasteiger partial charge on any atom is 0.573 e. The van der Waals surface area contributed by atoms with Gasteiger partial charge in [0.25, 0.3) is 0 Å². The van der Waals surface area contributed by atoms with Crippen LogP contribution >= 0.6 is 0 Å². The molecule has 0 aliphatic heterocycles. The lowest BCUT2D eigenvalue weighted by atomic mass is 9.69. The molecular formula is C28H35F3O5Si. The minimum atomic E-state index is -4.92. The van der Waals surface area contributed by atoms with E-state index < -0.39 is 37.9 Å². The summed E-state index contributed by atoms with van der Waals surface area (Å²) < 4.78 is 62.4. The van der Waals surface area contributed by atoms with Crippen molar-refractivity contribution >= 4 is 14.3 Å². The van der Waals surface area contributed by atoms with E-state index in [2.05, 4.69) is 25.5 Å². The van der Waals surface area contributed by atoms with Crippen molar-refractivity contribution in [3.63, 3.8) is 0 Å². The molecule has 37 heavy (non-hydrogen) atoms. The van der Waals surface area contributed by atoms with Gasteiger partial charge in [-0.15, -0.1) is 13.2 Å². The molecule has 0 spiro atoms. The van der Waals surface area contributed by atoms with E-state index in [0.29, 0.717) is 12.2 Å². The van der Waals surface area contributed by atoms with Gasteiger partial charge in [0.05, 0.1) is 13.2 Å². The molecule has 2 atom stereocenters. The average Bonchev–Trinajstić information content (AvgIpc) is 2.90. The van der Waals surface area contributed by atoms with Crippen LogP contribution in [-0.2, 0) is 26.0 Å². The first-order chi connectivity index (χ1) is 17.6. The molecule has 2 aromatic carbocycles. The highest BCUT2D eigenvalue weighted by Crippen LogP contribution is 2.46. The van der Waals surface area contributed by atoms with E-state index in [0.717, 1.165) is 23.7 Å². The van der Waals surface area contributed by atoms with Gasteiger partial charge in [0, 0.05) is 5.56 Å². The van der Waals surface area contributed by atoms with Crippen molar-refractivity contribution in [3.8, 4) is 11.5 Å². The molecule has 0 amide bonds. The third-order valence-electron chi connectivity index (χ3n) is 7.30. The highest BCUT2D eigenvalue weighted by Gasteiger charge is 2.53. The lowest BCUT2D eigenvalue weighted by Gasteiger charge is -2.44. The van der Waals surface area contributed by atoms with Gasteiger partial charge in [-0.3, -0.25) is 4.79 Å². The van der Waals surface area contributed by atoms with Gasteiger partial charge in [-0.1, -0.05) is 63.3 Å². The van der Waals surface area contributed by atoms with Crippen LogP contribution in [-0.4, -0.2) is 33.9 Å². The van der Waals surface area contributed by atoms with Crippen LogP contribution in [0.25, 0.3) is 0 Å². The maximum absolute atomic E-state index is 14.0. The zero-order valence-corrected chi connectivity index (χ0v) is 22.8. The third-order valence-corrected chi connectivity index (χ3v) is 11.9. The molecule has 9 heteroatoms. The molecule has 0 fully saturated rings. The molecule has 0 aromatic heterocycles. The van der Waals surface area contributed by atoms with E-state index in [9.17, 15) is 18.0 Å². The van der Waals surface area contributed by atoms with Crippen LogP contribution in [0.5, 0.6) is 11.5 Å². The van der Waals surface area contributed by atoms with Crippen LogP contribution in [0.2, 0.25) is 18.1 Å². The Morgan fingerprint density at radius 2 is 1.68 bits per heavy atom. The van der Waals surface area contributed by atoms with Crippen molar-refractivity contribution in [2.45, 2.75) is 76.2 Å². The summed E-state index contributed by atoms with van der Waals surface area (Å²) in [7, 11) is -0.712. The van der Waals surface area contributed by atoms with E-state index in [1.165, 1.54) is 18.2 Å². The van der Waals surface area contributed by atoms with Crippen LogP contribution in [0.3, 0.4) is 0 Å². The lowest BCUT2D eigenvalue weighted by Crippen LogP contribution is -2.54. The van der Waals surface area contributed by atoms with Crippen LogP contribution in [0, 0.1) is 0 Å². The Labute approximate surface area is 217 Å². The average molecular weight is 537 g/mol. The van der Waals surface area contributed by atoms with Gasteiger partial charge in [0.2, 0.25) is 0 Å². The first-order valence-corrected chi connectivity index (χ1v) is 15.2. The Morgan fingerprint density at radius 3 is 2.27 bits per heavy atom. The molecule has 202 valence electrons. The number of alkyl halides is 3. The van der Waals surface area contributed by atoms with Crippen LogP contribution in [0.1, 0.15) is 44.7 Å². The zero-order chi connectivity index (χ0) is 27.1. The minimum absolute atomic E-state index is 0.0405. The van der Waals surface area contributed by atoms with E-state index in [1.54, 1.807) is 37.4 Å². The topological polar surface area (TPSA) is 54.0 Å². The molecule has 1 aliphatic rings. The van der Waals surface area contributed by atoms with Gasteiger partial charge in [0.15, 0.2) is 8.32 Å². The Kier molecular flexibility index (Phi) is 9.47. The summed E-state index contributed by atoms with van der Waals surface area (Å²) in [5.74, 6) is -0.394. The summed E-state index contributed by atoms with van der Waals surface area (Å²) in [6.45, 7) is 6.16. The van der Waals surface area contributed by atoms with E-state index in [1.807, 2.05) is 12.2 Å². The molecule has 5 nitrogen and oxygen atoms in total. The number of ether oxygens (including phenoxy) is 3. The molecule has 0 N–H and O–H groups in total. The van der Waals surface area contributed by atoms with Crippen molar-refractivity contribution in [2.24, 2.45) is 0 Å². The van der Waals surface area contributed by atoms with Crippen LogP contribution in [0.15, 0.2) is 60.7 Å². The largest absolute Gasteiger partial charge is 0.573 e. The number of methoxy groups -OCH3 is 1. The number of benzene rings is 2. The van der Waals surface area contributed by atoms with Crippen LogP contribution < -0.4 is 9.47 Å². The Balaban J connectivity index is 2.08. The fourth-order valence-electron chi connectivity index (χ4n) is 4.91. The van der Waals surface area contributed by atoms with Gasteiger partial charge < -0.3 is 18.6 Å². The fourth-order valence-corrected chi connectivity index (χ4v) is 7.73. The first-order valence-electron chi connectivity index (χ1n) is 12.6. The van der Waals surface area contributed by atoms with Crippen molar-refractivity contribution in [1.29, 1.82) is 0 Å². The monoisotopic (exact) mass is 536 g/mol. The first kappa shape index (κ1) is 28.8. The Morgan fingerprint density at radius 1 is 1.03 bits per heavy atom. The number of allylic oxidation sites excluding steroid dienone is 1. The summed E-state index contributed by atoms with van der Waals surface area (Å²) >= 11 is 0. The predicted octanol–water partition coefficient (Wildman–Crippen LogP) is 7.32. The Hall–Kier alpha value is -2.78. The van der Waals surface area contributed by atoms with Crippen molar-refractivity contribution in [3.05, 3.63) is 71.8 Å². The molecule has 0 bridgehead atoms. The lowest BCUT2D eigenvalue weighted by molar-refractivity contribution is -0.275. The Bertz CT molecular complexity index is 1060. The number of hydrogen-bond donors (Lipinski definition) is 0. The molecule has 2 unspecified atom stereocenters. The standard InChI is InChI=1S/C28H35F3O5Si/c1-5-37(6-2,7-3)36-25-14-10-11-19-27(25,23-12-8-9-13-24(23)35-28(29,30)31)26(32)34-20-21-15-17-22(33-4)18-16-21/h8-10,12-18,25H,5-7,11,19-20H2,1-4H3. The smallest absolute Gasteiger partial charge is 0.497 e. The summed E-state index contributed by atoms with van der Waals surface area (Å²) in [5.41, 5.74) is -0.652. The zero-order valence-electron chi connectivity index (χ0n) is 21.8. The molecular weight excluding hydrogens is 501 g/mol. The summed E-state index contributed by atoms with van der Waals surface area (Å²) in [4.78, 5) is 14.0. The van der Waals surface area contributed by atoms with E-state index in [4.69, 9.17) is 13.9 Å². The number of esters is 1. The second-order valence-electron chi connectivity index (χ2n) is 9.19. The molecule has 0 saturated heterocycles. The molecule has 0 heterocycles. The predicted molar refractivity (Wildman–Crippen MR) is 138 cm³/mol. The maximum atomic E-state index is 14.0. The summed E-state index contributed by atoms with van der Waals surface area (Å²) in [6.07, 6.45) is -1.25. The van der Waals surface area contributed by atoms with E-state index >= 15 is 0 Å². The van der Waals surface area contributed by atoms with Crippen molar-refractivity contribution in [2.75, 3.05) is 7.11 Å². The van der Waals surface area contributed by atoms with Gasteiger partial charge in [-0.05, 0) is 54.7 Å². The fraction of sp³-hybridized carbons (Fsp3) is 0.464. The van der Waals surface area contributed by atoms with Gasteiger partial charge in [0.1, 0.15) is 23.5 Å². The second-order valence-corrected chi connectivity index (χ2v) is 13.9. The highest BCUT2D eigenvalue weighted by molar-refractivity contribution is 6.73. The number of para-hydroxylation sites is 1. The van der Waals surface area contributed by atoms with Crippen LogP contribution in [0.4, 0.5) is 13.2 Å². The van der Waals surface area contributed by atoms with Gasteiger partial charge in [-0.2, -0.15) is 0 Å². The number of carbonyl (C=O) groups is 1. The van der Waals surface area contributed by atoms with Crippen molar-refractivity contribution < 1.29 is 36.6 Å². The van der Waals surface area contributed by atoms with Gasteiger partial charge in [-0.25, -0.2) is 0 Å². The number of halogens is 3. The van der Waals surface area contributed by atoms with Gasteiger partial charge >= 0.3 is 12.3 Å². The van der Waals surface area contributed by atoms with Crippen molar-refractivity contribution in [1.82, 2.24) is 0 Å². The highest BCUT2D eigenvalue weighted by atomic mass is 28.4. The normalized spacial score (nSPS) is 19.9. The second kappa shape index (κ2) is 12.2. The summed E-state index contributed by atoms with van der Waals surface area (Å²) in [6, 6.07) is 15.3. The SMILES string of the molecule is CC[Si](CC)(CC)OC1C=CCCC1(C(=O)OCc1ccc(OC)cc1)c1ccccc1OC(F)(F)F. The number of hydrogen-bond acceptors (Lipinski definition) is 5. The molecule has 3 rings (SSSR count). The summed E-state index contributed by atoms with van der Waals surface area (Å²) in [5, 5.41) is 0. The number of carbonyl (C=O) groups excluding carboxylic acids is 1. The minimum Gasteiger partial charge on any atom is -0.497 e. The number of rotatable bonds is 11.